The van der Waals surface area contributed by atoms with Crippen LogP contribution in [0.1, 0.15) is 22.0 Å². The lowest BCUT2D eigenvalue weighted by atomic mass is 9.92. The number of rotatable bonds is 4. The summed E-state index contributed by atoms with van der Waals surface area (Å²) in [7, 11) is -4.12. The molecule has 2 unspecified atom stereocenters. The number of hydrogen-bond acceptors (Lipinski definition) is 4. The summed E-state index contributed by atoms with van der Waals surface area (Å²) in [6, 6.07) is 23.8. The van der Waals surface area contributed by atoms with Gasteiger partial charge in [-0.05, 0) is 29.8 Å². The van der Waals surface area contributed by atoms with Gasteiger partial charge in [0.05, 0.1) is 4.90 Å². The van der Waals surface area contributed by atoms with Crippen molar-refractivity contribution in [2.24, 2.45) is 0 Å². The first kappa shape index (κ1) is 19.5. The van der Waals surface area contributed by atoms with Gasteiger partial charge in [-0.1, -0.05) is 82.7 Å². The SMILES string of the molecule is O=C(c1ccccc1)N1C(=O)C(Br)(S(=O)(=O)c2ccccc2)C1c1ccccc1. The molecular weight excluding hydrogens is 454 g/mol. The van der Waals surface area contributed by atoms with E-state index in [2.05, 4.69) is 15.9 Å². The third-order valence-electron chi connectivity index (χ3n) is 4.92. The summed E-state index contributed by atoms with van der Waals surface area (Å²) in [6.07, 6.45) is 0. The third-order valence-corrected chi connectivity index (χ3v) is 9.04. The fourth-order valence-electron chi connectivity index (χ4n) is 3.46. The van der Waals surface area contributed by atoms with Gasteiger partial charge < -0.3 is 0 Å². The Morgan fingerprint density at radius 3 is 1.86 bits per heavy atom. The summed E-state index contributed by atoms with van der Waals surface area (Å²) < 4.78 is 24.9. The minimum Gasteiger partial charge on any atom is -0.271 e. The zero-order chi connectivity index (χ0) is 20.6. The van der Waals surface area contributed by atoms with E-state index in [-0.39, 0.29) is 4.90 Å². The number of alkyl halides is 1. The van der Waals surface area contributed by atoms with Crippen molar-refractivity contribution in [1.29, 1.82) is 0 Å². The first-order valence-corrected chi connectivity index (χ1v) is 11.1. The smallest absolute Gasteiger partial charge is 0.265 e. The van der Waals surface area contributed by atoms with E-state index < -0.39 is 31.3 Å². The van der Waals surface area contributed by atoms with Crippen LogP contribution in [-0.2, 0) is 14.6 Å². The molecule has 1 heterocycles. The van der Waals surface area contributed by atoms with Gasteiger partial charge >= 0.3 is 0 Å². The molecule has 2 amide bonds. The quantitative estimate of drug-likeness (QED) is 0.329. The molecule has 0 aromatic heterocycles. The molecule has 3 aromatic rings. The summed E-state index contributed by atoms with van der Waals surface area (Å²) in [5.41, 5.74) is 0.862. The first-order valence-electron chi connectivity index (χ1n) is 8.85. The van der Waals surface area contributed by atoms with Gasteiger partial charge in [0, 0.05) is 5.56 Å². The normalized spacial score (nSPS) is 21.5. The van der Waals surface area contributed by atoms with Crippen molar-refractivity contribution in [3.63, 3.8) is 0 Å². The van der Waals surface area contributed by atoms with Crippen LogP contribution in [0.3, 0.4) is 0 Å². The molecule has 0 N–H and O–H groups in total. The first-order chi connectivity index (χ1) is 13.9. The number of sulfone groups is 1. The summed E-state index contributed by atoms with van der Waals surface area (Å²) in [4.78, 5) is 27.3. The Kier molecular flexibility index (Phi) is 4.88. The van der Waals surface area contributed by atoms with Crippen molar-refractivity contribution in [3.8, 4) is 0 Å². The number of carbonyl (C=O) groups excluding carboxylic acids is 2. The third kappa shape index (κ3) is 2.92. The summed E-state index contributed by atoms with van der Waals surface area (Å²) in [5.74, 6) is -1.34. The molecular formula is C22H16BrNO4S. The van der Waals surface area contributed by atoms with Crippen LogP contribution >= 0.6 is 15.9 Å². The minimum atomic E-state index is -4.12. The topological polar surface area (TPSA) is 71.5 Å². The molecule has 0 bridgehead atoms. The van der Waals surface area contributed by atoms with Gasteiger partial charge in [-0.3, -0.25) is 14.5 Å². The Morgan fingerprint density at radius 2 is 1.31 bits per heavy atom. The maximum absolute atomic E-state index is 13.4. The van der Waals surface area contributed by atoms with Crippen LogP contribution in [-0.4, -0.2) is 28.8 Å². The highest BCUT2D eigenvalue weighted by molar-refractivity contribution is 9.12. The van der Waals surface area contributed by atoms with Crippen LogP contribution < -0.4 is 0 Å². The van der Waals surface area contributed by atoms with Gasteiger partial charge in [-0.2, -0.15) is 0 Å². The molecule has 1 saturated heterocycles. The summed E-state index contributed by atoms with van der Waals surface area (Å²) in [6.45, 7) is 0. The number of likely N-dealkylation sites (tertiary alicyclic amines) is 1. The second-order valence-corrected chi connectivity index (χ2v) is 10.5. The number of carbonyl (C=O) groups is 2. The monoisotopic (exact) mass is 469 g/mol. The fraction of sp³-hybridized carbons (Fsp3) is 0.0909. The molecule has 1 aliphatic rings. The van der Waals surface area contributed by atoms with Crippen molar-refractivity contribution >= 4 is 37.6 Å². The molecule has 1 fully saturated rings. The van der Waals surface area contributed by atoms with E-state index >= 15 is 0 Å². The Hall–Kier alpha value is -2.77. The molecule has 1 aliphatic heterocycles. The number of β-lactam (4-membered cyclic amide) rings is 1. The van der Waals surface area contributed by atoms with E-state index in [1.54, 1.807) is 78.9 Å². The van der Waals surface area contributed by atoms with E-state index in [0.29, 0.717) is 11.1 Å². The summed E-state index contributed by atoms with van der Waals surface area (Å²) >= 11 is 3.24. The van der Waals surface area contributed by atoms with Crippen molar-refractivity contribution in [2.45, 2.75) is 14.6 Å². The molecule has 0 aliphatic carbocycles. The maximum Gasteiger partial charge on any atom is 0.265 e. The number of benzene rings is 3. The molecule has 2 atom stereocenters. The van der Waals surface area contributed by atoms with Crippen LogP contribution in [0.2, 0.25) is 0 Å². The fourth-order valence-corrected chi connectivity index (χ4v) is 6.40. The van der Waals surface area contributed by atoms with E-state index in [4.69, 9.17) is 0 Å². The Balaban J connectivity index is 1.85. The molecule has 0 spiro atoms. The lowest BCUT2D eigenvalue weighted by Crippen LogP contribution is -2.69. The van der Waals surface area contributed by atoms with Crippen molar-refractivity contribution < 1.29 is 18.0 Å². The van der Waals surface area contributed by atoms with E-state index in [1.165, 1.54) is 12.1 Å². The second kappa shape index (κ2) is 7.24. The highest BCUT2D eigenvalue weighted by atomic mass is 79.9. The maximum atomic E-state index is 13.4. The zero-order valence-corrected chi connectivity index (χ0v) is 17.5. The molecule has 7 heteroatoms. The highest BCUT2D eigenvalue weighted by Crippen LogP contribution is 2.55. The number of amides is 2. The van der Waals surface area contributed by atoms with Gasteiger partial charge in [-0.15, -0.1) is 0 Å². The van der Waals surface area contributed by atoms with Crippen LogP contribution in [0.15, 0.2) is 95.9 Å². The van der Waals surface area contributed by atoms with Gasteiger partial charge in [0.2, 0.25) is 13.5 Å². The Bertz CT molecular complexity index is 1170. The second-order valence-electron chi connectivity index (χ2n) is 6.62. The molecule has 29 heavy (non-hydrogen) atoms. The van der Waals surface area contributed by atoms with E-state index in [9.17, 15) is 18.0 Å². The number of nitrogens with zero attached hydrogens (tertiary/aromatic N) is 1. The Morgan fingerprint density at radius 1 is 0.828 bits per heavy atom. The molecule has 5 nitrogen and oxygen atoms in total. The lowest BCUT2D eigenvalue weighted by molar-refractivity contribution is -0.142. The van der Waals surface area contributed by atoms with Gasteiger partial charge in [-0.25, -0.2) is 8.42 Å². The van der Waals surface area contributed by atoms with Crippen LogP contribution in [0.25, 0.3) is 0 Å². The van der Waals surface area contributed by atoms with Crippen LogP contribution in [0.4, 0.5) is 0 Å². The van der Waals surface area contributed by atoms with Crippen LogP contribution in [0, 0.1) is 0 Å². The molecule has 4 rings (SSSR count). The lowest BCUT2D eigenvalue weighted by Gasteiger charge is -2.50. The van der Waals surface area contributed by atoms with Crippen molar-refractivity contribution in [3.05, 3.63) is 102 Å². The van der Waals surface area contributed by atoms with Gasteiger partial charge in [0.25, 0.3) is 11.8 Å². The molecule has 146 valence electrons. The van der Waals surface area contributed by atoms with Crippen LogP contribution in [0.5, 0.6) is 0 Å². The highest BCUT2D eigenvalue weighted by Gasteiger charge is 2.70. The molecule has 0 radical (unpaired) electrons. The average Bonchev–Trinajstić information content (AvgIpc) is 2.77. The standard InChI is InChI=1S/C22H16BrNO4S/c23-22(29(27,28)18-14-8-3-9-15-18)19(16-10-4-1-5-11-16)24(21(22)26)20(25)17-12-6-2-7-13-17/h1-15,19H. The van der Waals surface area contributed by atoms with E-state index in [1.807, 2.05) is 0 Å². The van der Waals surface area contributed by atoms with E-state index in [0.717, 1.165) is 4.90 Å². The molecule has 3 aromatic carbocycles. The predicted octanol–water partition coefficient (Wildman–Crippen LogP) is 3.98. The number of imide groups is 1. The Labute approximate surface area is 177 Å². The average molecular weight is 470 g/mol. The van der Waals surface area contributed by atoms with Gasteiger partial charge in [0.15, 0.2) is 0 Å². The number of hydrogen-bond donors (Lipinski definition) is 0. The number of halogens is 1. The predicted molar refractivity (Wildman–Crippen MR) is 112 cm³/mol. The molecule has 0 saturated carbocycles. The van der Waals surface area contributed by atoms with Crippen molar-refractivity contribution in [2.75, 3.05) is 0 Å². The minimum absolute atomic E-state index is 0.0120. The largest absolute Gasteiger partial charge is 0.271 e. The van der Waals surface area contributed by atoms with Crippen molar-refractivity contribution in [1.82, 2.24) is 4.90 Å². The van der Waals surface area contributed by atoms with Gasteiger partial charge in [0.1, 0.15) is 6.04 Å². The zero-order valence-electron chi connectivity index (χ0n) is 15.1. The summed E-state index contributed by atoms with van der Waals surface area (Å²) in [5, 5.41) is 0.